The predicted molar refractivity (Wildman–Crippen MR) is 87.0 cm³/mol. The van der Waals surface area contributed by atoms with E-state index in [1.54, 1.807) is 13.0 Å². The van der Waals surface area contributed by atoms with E-state index in [1.165, 1.54) is 26.2 Å². The van der Waals surface area contributed by atoms with E-state index in [-0.39, 0.29) is 4.90 Å². The molecule has 0 aliphatic rings. The third kappa shape index (κ3) is 5.81. The van der Waals surface area contributed by atoms with E-state index in [4.69, 9.17) is 9.47 Å². The molecular weight excluding hydrogens is 320 g/mol. The van der Waals surface area contributed by atoms with Gasteiger partial charge in [0.15, 0.2) is 0 Å². The molecule has 1 amide bonds. The van der Waals surface area contributed by atoms with Crippen molar-refractivity contribution in [2.24, 2.45) is 0 Å². The van der Waals surface area contributed by atoms with E-state index < -0.39 is 22.0 Å². The summed E-state index contributed by atoms with van der Waals surface area (Å²) < 4.78 is 37.2. The third-order valence-corrected chi connectivity index (χ3v) is 4.63. The zero-order valence-electron chi connectivity index (χ0n) is 13.9. The van der Waals surface area contributed by atoms with Crippen LogP contribution >= 0.6 is 0 Å². The Kier molecular flexibility index (Phi) is 7.47. The number of amides is 1. The van der Waals surface area contributed by atoms with Crippen LogP contribution in [-0.4, -0.2) is 47.2 Å². The van der Waals surface area contributed by atoms with E-state index in [9.17, 15) is 13.2 Å². The van der Waals surface area contributed by atoms with Gasteiger partial charge in [0, 0.05) is 13.7 Å². The zero-order chi connectivity index (χ0) is 17.5. The van der Waals surface area contributed by atoms with Crippen LogP contribution in [0.4, 0.5) is 0 Å². The van der Waals surface area contributed by atoms with Crippen molar-refractivity contribution >= 4 is 15.9 Å². The summed E-state index contributed by atoms with van der Waals surface area (Å²) in [4.78, 5) is 11.9. The highest BCUT2D eigenvalue weighted by molar-refractivity contribution is 7.89. The molecule has 23 heavy (non-hydrogen) atoms. The first kappa shape index (κ1) is 19.4. The molecule has 0 saturated carbocycles. The van der Waals surface area contributed by atoms with E-state index in [0.29, 0.717) is 31.1 Å². The van der Waals surface area contributed by atoms with Gasteiger partial charge in [-0.25, -0.2) is 8.42 Å². The smallest absolute Gasteiger partial charge is 0.241 e. The maximum Gasteiger partial charge on any atom is 0.241 e. The van der Waals surface area contributed by atoms with Crippen molar-refractivity contribution in [1.82, 2.24) is 10.0 Å². The van der Waals surface area contributed by atoms with Crippen LogP contribution in [-0.2, 0) is 19.6 Å². The van der Waals surface area contributed by atoms with Crippen LogP contribution in [0.25, 0.3) is 0 Å². The SMILES string of the molecule is CCOc1ccc(S(=O)(=O)N[C@@H](C)C(=O)NCCOC)cc1C. The fourth-order valence-electron chi connectivity index (χ4n) is 1.89. The van der Waals surface area contributed by atoms with Gasteiger partial charge >= 0.3 is 0 Å². The minimum atomic E-state index is -3.79. The number of hydrogen-bond acceptors (Lipinski definition) is 5. The molecule has 0 aliphatic heterocycles. The van der Waals surface area contributed by atoms with Gasteiger partial charge in [-0.15, -0.1) is 0 Å². The lowest BCUT2D eigenvalue weighted by molar-refractivity contribution is -0.122. The summed E-state index contributed by atoms with van der Waals surface area (Å²) in [6.07, 6.45) is 0. The van der Waals surface area contributed by atoms with Crippen LogP contribution in [0.15, 0.2) is 23.1 Å². The van der Waals surface area contributed by atoms with Gasteiger partial charge in [0.05, 0.1) is 24.2 Å². The average Bonchev–Trinajstić information content (AvgIpc) is 2.49. The van der Waals surface area contributed by atoms with Gasteiger partial charge < -0.3 is 14.8 Å². The maximum absolute atomic E-state index is 12.3. The second kappa shape index (κ2) is 8.85. The Labute approximate surface area is 137 Å². The van der Waals surface area contributed by atoms with Gasteiger partial charge in [0.2, 0.25) is 15.9 Å². The number of rotatable bonds is 9. The molecular formula is C15H24N2O5S. The van der Waals surface area contributed by atoms with Gasteiger partial charge in [-0.3, -0.25) is 4.79 Å². The van der Waals surface area contributed by atoms with Crippen molar-refractivity contribution in [3.8, 4) is 5.75 Å². The lowest BCUT2D eigenvalue weighted by Crippen LogP contribution is -2.45. The summed E-state index contributed by atoms with van der Waals surface area (Å²) in [7, 11) is -2.27. The number of aryl methyl sites for hydroxylation is 1. The molecule has 0 fully saturated rings. The van der Waals surface area contributed by atoms with Crippen LogP contribution in [0.2, 0.25) is 0 Å². The molecule has 7 nitrogen and oxygen atoms in total. The molecule has 8 heteroatoms. The lowest BCUT2D eigenvalue weighted by atomic mass is 10.2. The number of benzene rings is 1. The van der Waals surface area contributed by atoms with Crippen molar-refractivity contribution in [2.45, 2.75) is 31.7 Å². The fraction of sp³-hybridized carbons (Fsp3) is 0.533. The van der Waals surface area contributed by atoms with Crippen LogP contribution in [0, 0.1) is 6.92 Å². The van der Waals surface area contributed by atoms with Crippen LogP contribution in [0.5, 0.6) is 5.75 Å². The van der Waals surface area contributed by atoms with Crippen LogP contribution in [0.1, 0.15) is 19.4 Å². The first-order valence-electron chi connectivity index (χ1n) is 7.34. The van der Waals surface area contributed by atoms with Crippen molar-refractivity contribution in [3.05, 3.63) is 23.8 Å². The molecule has 130 valence electrons. The second-order valence-corrected chi connectivity index (χ2v) is 6.70. The molecule has 0 radical (unpaired) electrons. The highest BCUT2D eigenvalue weighted by atomic mass is 32.2. The summed E-state index contributed by atoms with van der Waals surface area (Å²) in [5.74, 6) is 0.227. The first-order valence-corrected chi connectivity index (χ1v) is 8.82. The van der Waals surface area contributed by atoms with Crippen LogP contribution in [0.3, 0.4) is 0 Å². The number of methoxy groups -OCH3 is 1. The number of nitrogens with one attached hydrogen (secondary N) is 2. The molecule has 0 aromatic heterocycles. The molecule has 0 bridgehead atoms. The normalized spacial score (nSPS) is 12.7. The highest BCUT2D eigenvalue weighted by Crippen LogP contribution is 2.21. The summed E-state index contributed by atoms with van der Waals surface area (Å²) in [5.41, 5.74) is 0.715. The molecule has 1 atom stereocenters. The monoisotopic (exact) mass is 344 g/mol. The quantitative estimate of drug-likeness (QED) is 0.647. The molecule has 0 saturated heterocycles. The number of carbonyl (C=O) groups excluding carboxylic acids is 1. The Balaban J connectivity index is 2.78. The third-order valence-electron chi connectivity index (χ3n) is 3.09. The topological polar surface area (TPSA) is 93.7 Å². The Morgan fingerprint density at radius 2 is 2.04 bits per heavy atom. The first-order chi connectivity index (χ1) is 10.8. The van der Waals surface area contributed by atoms with Gasteiger partial charge in [-0.2, -0.15) is 4.72 Å². The molecule has 2 N–H and O–H groups in total. The van der Waals surface area contributed by atoms with Crippen molar-refractivity contribution < 1.29 is 22.7 Å². The summed E-state index contributed by atoms with van der Waals surface area (Å²) >= 11 is 0. The minimum Gasteiger partial charge on any atom is -0.494 e. The molecule has 1 rings (SSSR count). The summed E-state index contributed by atoms with van der Waals surface area (Å²) in [6.45, 7) is 6.30. The Hall–Kier alpha value is -1.64. The van der Waals surface area contributed by atoms with E-state index in [0.717, 1.165) is 0 Å². The van der Waals surface area contributed by atoms with Gasteiger partial charge in [-0.1, -0.05) is 0 Å². The molecule has 0 aliphatic carbocycles. The molecule has 1 aromatic rings. The maximum atomic E-state index is 12.3. The van der Waals surface area contributed by atoms with Gasteiger partial charge in [0.25, 0.3) is 0 Å². The Morgan fingerprint density at radius 1 is 1.35 bits per heavy atom. The lowest BCUT2D eigenvalue weighted by Gasteiger charge is -2.15. The predicted octanol–water partition coefficient (Wildman–Crippen LogP) is 0.823. The number of sulfonamides is 1. The van der Waals surface area contributed by atoms with Gasteiger partial charge in [0.1, 0.15) is 5.75 Å². The molecule has 0 unspecified atom stereocenters. The van der Waals surface area contributed by atoms with E-state index >= 15 is 0 Å². The van der Waals surface area contributed by atoms with Crippen molar-refractivity contribution in [2.75, 3.05) is 26.9 Å². The second-order valence-electron chi connectivity index (χ2n) is 4.99. The Morgan fingerprint density at radius 3 is 2.61 bits per heavy atom. The summed E-state index contributed by atoms with van der Waals surface area (Å²) in [6, 6.07) is 3.69. The highest BCUT2D eigenvalue weighted by Gasteiger charge is 2.22. The van der Waals surface area contributed by atoms with Gasteiger partial charge in [-0.05, 0) is 44.5 Å². The Bertz CT molecular complexity index is 631. The summed E-state index contributed by atoms with van der Waals surface area (Å²) in [5, 5.41) is 2.58. The van der Waals surface area contributed by atoms with Crippen molar-refractivity contribution in [1.29, 1.82) is 0 Å². The fourth-order valence-corrected chi connectivity index (χ4v) is 3.18. The number of carbonyl (C=O) groups is 1. The van der Waals surface area contributed by atoms with E-state index in [1.807, 2.05) is 6.92 Å². The number of hydrogen-bond donors (Lipinski definition) is 2. The number of ether oxygens (including phenoxy) is 2. The minimum absolute atomic E-state index is 0.0926. The largest absolute Gasteiger partial charge is 0.494 e. The zero-order valence-corrected chi connectivity index (χ0v) is 14.7. The van der Waals surface area contributed by atoms with E-state index in [2.05, 4.69) is 10.0 Å². The molecule has 1 aromatic carbocycles. The molecule has 0 heterocycles. The van der Waals surface area contributed by atoms with Crippen molar-refractivity contribution in [3.63, 3.8) is 0 Å². The average molecular weight is 344 g/mol. The van der Waals surface area contributed by atoms with Crippen LogP contribution < -0.4 is 14.8 Å². The molecule has 0 spiro atoms. The standard InChI is InChI=1S/C15H24N2O5S/c1-5-22-14-7-6-13(10-11(14)2)23(19,20)17-12(3)15(18)16-8-9-21-4/h6-7,10,12,17H,5,8-9H2,1-4H3,(H,16,18)/t12-/m0/s1.